The number of hydrogen-bond acceptors (Lipinski definition) is 3. The fourth-order valence-corrected chi connectivity index (χ4v) is 3.84. The van der Waals surface area contributed by atoms with E-state index in [1.165, 1.54) is 25.7 Å². The van der Waals surface area contributed by atoms with Gasteiger partial charge in [-0.1, -0.05) is 26.7 Å². The Hall–Kier alpha value is -0.610. The van der Waals surface area contributed by atoms with Gasteiger partial charge < -0.3 is 5.11 Å². The van der Waals surface area contributed by atoms with Gasteiger partial charge in [0.05, 0.1) is 6.54 Å². The molecule has 1 saturated heterocycles. The molecule has 2 rings (SSSR count). The first-order valence-corrected chi connectivity index (χ1v) is 8.24. The van der Waals surface area contributed by atoms with Crippen LogP contribution in [-0.4, -0.2) is 59.6 Å². The van der Waals surface area contributed by atoms with Gasteiger partial charge in [0, 0.05) is 25.7 Å². The third-order valence-electron chi connectivity index (χ3n) is 5.13. The van der Waals surface area contributed by atoms with Gasteiger partial charge in [-0.2, -0.15) is 0 Å². The standard InChI is InChI=1S/C16H30N2O2/c1-13(2)14-5-3-6-15(11-14)18-8-4-7-17(9-10-18)12-16(19)20/h13-15H,3-12H2,1-2H3,(H,19,20). The summed E-state index contributed by atoms with van der Waals surface area (Å²) in [5, 5.41) is 8.91. The summed E-state index contributed by atoms with van der Waals surface area (Å²) in [5.74, 6) is 0.983. The minimum absolute atomic E-state index is 0.202. The molecule has 1 heterocycles. The molecule has 1 aliphatic carbocycles. The van der Waals surface area contributed by atoms with E-state index >= 15 is 0 Å². The van der Waals surface area contributed by atoms with E-state index in [2.05, 4.69) is 23.6 Å². The normalized spacial score (nSPS) is 30.4. The smallest absolute Gasteiger partial charge is 0.317 e. The van der Waals surface area contributed by atoms with Crippen LogP contribution in [0.15, 0.2) is 0 Å². The van der Waals surface area contributed by atoms with Crippen molar-refractivity contribution in [2.45, 2.75) is 52.0 Å². The van der Waals surface area contributed by atoms with Crippen molar-refractivity contribution in [2.24, 2.45) is 11.8 Å². The molecule has 2 aliphatic rings. The Balaban J connectivity index is 1.85. The lowest BCUT2D eigenvalue weighted by Gasteiger charge is -2.38. The number of nitrogens with zero attached hydrogens (tertiary/aromatic N) is 2. The predicted molar refractivity (Wildman–Crippen MR) is 80.8 cm³/mol. The summed E-state index contributed by atoms with van der Waals surface area (Å²) in [4.78, 5) is 15.5. The molecule has 20 heavy (non-hydrogen) atoms. The van der Waals surface area contributed by atoms with Gasteiger partial charge in [-0.15, -0.1) is 0 Å². The Morgan fingerprint density at radius 1 is 1.15 bits per heavy atom. The Labute approximate surface area is 123 Å². The molecule has 0 spiro atoms. The Morgan fingerprint density at radius 3 is 2.65 bits per heavy atom. The van der Waals surface area contributed by atoms with Crippen LogP contribution in [0.3, 0.4) is 0 Å². The molecule has 0 radical (unpaired) electrons. The van der Waals surface area contributed by atoms with Crippen molar-refractivity contribution >= 4 is 5.97 Å². The monoisotopic (exact) mass is 282 g/mol. The van der Waals surface area contributed by atoms with Crippen molar-refractivity contribution in [1.82, 2.24) is 9.80 Å². The molecule has 1 N–H and O–H groups in total. The lowest BCUT2D eigenvalue weighted by Crippen LogP contribution is -2.42. The van der Waals surface area contributed by atoms with E-state index in [0.717, 1.165) is 50.5 Å². The van der Waals surface area contributed by atoms with Crippen molar-refractivity contribution in [3.05, 3.63) is 0 Å². The second kappa shape index (κ2) is 7.41. The minimum atomic E-state index is -0.698. The van der Waals surface area contributed by atoms with Gasteiger partial charge in [0.15, 0.2) is 0 Å². The highest BCUT2D eigenvalue weighted by Crippen LogP contribution is 2.32. The molecule has 0 aromatic heterocycles. The highest BCUT2D eigenvalue weighted by molar-refractivity contribution is 5.69. The Kier molecular flexibility index (Phi) is 5.85. The van der Waals surface area contributed by atoms with E-state index in [1.807, 2.05) is 0 Å². The highest BCUT2D eigenvalue weighted by Gasteiger charge is 2.29. The van der Waals surface area contributed by atoms with Crippen LogP contribution in [-0.2, 0) is 4.79 Å². The molecule has 0 amide bonds. The molecule has 2 unspecified atom stereocenters. The van der Waals surface area contributed by atoms with Crippen LogP contribution in [0.2, 0.25) is 0 Å². The number of hydrogen-bond donors (Lipinski definition) is 1. The number of carboxylic acids is 1. The second-order valence-electron chi connectivity index (χ2n) is 6.88. The van der Waals surface area contributed by atoms with E-state index in [1.54, 1.807) is 0 Å². The first-order chi connectivity index (χ1) is 9.56. The molecule has 2 fully saturated rings. The second-order valence-corrected chi connectivity index (χ2v) is 6.88. The molecule has 1 saturated carbocycles. The Bertz CT molecular complexity index is 320. The number of carboxylic acid groups (broad SMARTS) is 1. The molecular formula is C16H30N2O2. The zero-order valence-electron chi connectivity index (χ0n) is 13.1. The molecule has 4 heteroatoms. The number of aliphatic carboxylic acids is 1. The van der Waals surface area contributed by atoms with Crippen molar-refractivity contribution < 1.29 is 9.90 Å². The lowest BCUT2D eigenvalue weighted by atomic mass is 9.79. The minimum Gasteiger partial charge on any atom is -0.480 e. The molecule has 0 aromatic carbocycles. The van der Waals surface area contributed by atoms with Gasteiger partial charge >= 0.3 is 5.97 Å². The fraction of sp³-hybridized carbons (Fsp3) is 0.938. The maximum atomic E-state index is 10.8. The first-order valence-electron chi connectivity index (χ1n) is 8.24. The molecule has 2 atom stereocenters. The Morgan fingerprint density at radius 2 is 1.95 bits per heavy atom. The summed E-state index contributed by atoms with van der Waals surface area (Å²) < 4.78 is 0. The van der Waals surface area contributed by atoms with E-state index in [4.69, 9.17) is 5.11 Å². The van der Waals surface area contributed by atoms with Crippen molar-refractivity contribution in [3.8, 4) is 0 Å². The topological polar surface area (TPSA) is 43.8 Å². The van der Waals surface area contributed by atoms with Gasteiger partial charge in [0.1, 0.15) is 0 Å². The average molecular weight is 282 g/mol. The van der Waals surface area contributed by atoms with E-state index < -0.39 is 5.97 Å². The highest BCUT2D eigenvalue weighted by atomic mass is 16.4. The molecular weight excluding hydrogens is 252 g/mol. The van der Waals surface area contributed by atoms with Crippen LogP contribution in [0.4, 0.5) is 0 Å². The summed E-state index contributed by atoms with van der Waals surface area (Å²) in [6, 6.07) is 0.737. The van der Waals surface area contributed by atoms with E-state index in [-0.39, 0.29) is 6.54 Å². The van der Waals surface area contributed by atoms with E-state index in [0.29, 0.717) is 0 Å². The molecule has 4 nitrogen and oxygen atoms in total. The van der Waals surface area contributed by atoms with Crippen LogP contribution in [0.1, 0.15) is 46.0 Å². The zero-order valence-corrected chi connectivity index (χ0v) is 13.1. The quantitative estimate of drug-likeness (QED) is 0.859. The van der Waals surface area contributed by atoms with Gasteiger partial charge in [0.2, 0.25) is 0 Å². The van der Waals surface area contributed by atoms with Gasteiger partial charge in [-0.05, 0) is 37.6 Å². The third-order valence-corrected chi connectivity index (χ3v) is 5.13. The zero-order chi connectivity index (χ0) is 14.5. The first kappa shape index (κ1) is 15.8. The van der Waals surface area contributed by atoms with Crippen LogP contribution in [0, 0.1) is 11.8 Å². The maximum Gasteiger partial charge on any atom is 0.317 e. The van der Waals surface area contributed by atoms with Gasteiger partial charge in [-0.3, -0.25) is 14.6 Å². The molecule has 1 aliphatic heterocycles. The van der Waals surface area contributed by atoms with Crippen molar-refractivity contribution in [2.75, 3.05) is 32.7 Å². The lowest BCUT2D eigenvalue weighted by molar-refractivity contribution is -0.138. The van der Waals surface area contributed by atoms with Gasteiger partial charge in [-0.25, -0.2) is 0 Å². The van der Waals surface area contributed by atoms with Crippen LogP contribution in [0.5, 0.6) is 0 Å². The van der Waals surface area contributed by atoms with Crippen molar-refractivity contribution in [3.63, 3.8) is 0 Å². The fourth-order valence-electron chi connectivity index (χ4n) is 3.84. The SMILES string of the molecule is CC(C)C1CCCC(N2CCCN(CC(=O)O)CC2)C1. The molecule has 0 aromatic rings. The van der Waals surface area contributed by atoms with Gasteiger partial charge in [0.25, 0.3) is 0 Å². The van der Waals surface area contributed by atoms with Crippen LogP contribution in [0.25, 0.3) is 0 Å². The average Bonchev–Trinajstić information content (AvgIpc) is 2.64. The van der Waals surface area contributed by atoms with Crippen LogP contribution < -0.4 is 0 Å². The summed E-state index contributed by atoms with van der Waals surface area (Å²) in [6.45, 7) is 8.94. The summed E-state index contributed by atoms with van der Waals surface area (Å²) in [5.41, 5.74) is 0. The van der Waals surface area contributed by atoms with Crippen LogP contribution >= 0.6 is 0 Å². The van der Waals surface area contributed by atoms with Crippen molar-refractivity contribution in [1.29, 1.82) is 0 Å². The maximum absolute atomic E-state index is 10.8. The summed E-state index contributed by atoms with van der Waals surface area (Å²) in [6.07, 6.45) is 6.55. The number of carbonyl (C=O) groups is 1. The number of rotatable bonds is 4. The molecule has 0 bridgehead atoms. The molecule has 116 valence electrons. The third kappa shape index (κ3) is 4.45. The summed E-state index contributed by atoms with van der Waals surface area (Å²) >= 11 is 0. The predicted octanol–water partition coefficient (Wildman–Crippen LogP) is 2.29. The largest absolute Gasteiger partial charge is 0.480 e. The summed E-state index contributed by atoms with van der Waals surface area (Å²) in [7, 11) is 0. The van der Waals surface area contributed by atoms with E-state index in [9.17, 15) is 4.79 Å².